The van der Waals surface area contributed by atoms with E-state index in [0.29, 0.717) is 11.5 Å². The minimum atomic E-state index is -0.330. The second-order valence-corrected chi connectivity index (χ2v) is 20.2. The first-order valence-electron chi connectivity index (χ1n) is 20.3. The number of nitrogens with zero attached hydrogens (tertiary/aromatic N) is 4. The maximum absolute atomic E-state index is 6.75. The van der Waals surface area contributed by atoms with Crippen LogP contribution in [0.5, 0.6) is 11.5 Å². The van der Waals surface area contributed by atoms with Gasteiger partial charge in [0.2, 0.25) is 0 Å². The van der Waals surface area contributed by atoms with E-state index in [2.05, 4.69) is 219 Å². The molecule has 5 aromatic carbocycles. The molecule has 5 nitrogen and oxygen atoms in total. The molecule has 0 saturated heterocycles. The van der Waals surface area contributed by atoms with Crippen molar-refractivity contribution >= 4 is 28.2 Å². The summed E-state index contributed by atoms with van der Waals surface area (Å²) >= 11 is 2.42. The molecule has 3 heterocycles. The summed E-state index contributed by atoms with van der Waals surface area (Å²) in [5, 5.41) is 0. The van der Waals surface area contributed by atoms with Crippen molar-refractivity contribution in [3.8, 4) is 22.9 Å². The number of anilines is 3. The Kier molecular flexibility index (Phi) is 8.64. The molecule has 2 aromatic heterocycles. The molecular formula is C52H52N4OPt-2. The molecule has 0 fully saturated rings. The molecule has 7 aromatic rings. The summed E-state index contributed by atoms with van der Waals surface area (Å²) in [6.07, 6.45) is 1.95. The van der Waals surface area contributed by atoms with Crippen LogP contribution in [0.25, 0.3) is 22.4 Å². The van der Waals surface area contributed by atoms with Gasteiger partial charge in [-0.15, -0.1) is 0 Å². The molecule has 1 aliphatic carbocycles. The third-order valence-electron chi connectivity index (χ3n) is 14.0. The molecular weight excluding hydrogens is 892 g/mol. The first kappa shape index (κ1) is 38.5. The van der Waals surface area contributed by atoms with Gasteiger partial charge in [0.25, 0.3) is 0 Å². The SMILES string of the molecule is CC(C)(C)c1ccnc(N2c3[c-]c(Oc4[c-]c(-n5[c](=[Pt])n(-c6ccccc6)c6ccccc65)ccc4)ccc3C(C)(C)c3c2ccc2c3C(C)(C)C(C)(C)C2(C)C)c1. The predicted octanol–water partition coefficient (Wildman–Crippen LogP) is 13.3. The van der Waals surface area contributed by atoms with E-state index in [1.807, 2.05) is 18.3 Å². The van der Waals surface area contributed by atoms with Gasteiger partial charge in [-0.05, 0) is 44.4 Å². The number of para-hydroxylation sites is 3. The Morgan fingerprint density at radius 3 is 2.00 bits per heavy atom. The van der Waals surface area contributed by atoms with Crippen LogP contribution >= 0.6 is 0 Å². The fourth-order valence-corrected chi connectivity index (χ4v) is 10.7. The molecule has 0 unspecified atom stereocenters. The van der Waals surface area contributed by atoms with Crippen molar-refractivity contribution in [1.82, 2.24) is 14.1 Å². The van der Waals surface area contributed by atoms with Gasteiger partial charge in [-0.2, -0.15) is 0 Å². The number of pyridine rings is 1. The van der Waals surface area contributed by atoms with Gasteiger partial charge >= 0.3 is 238 Å². The van der Waals surface area contributed by atoms with Crippen molar-refractivity contribution in [2.45, 2.75) is 97.8 Å². The van der Waals surface area contributed by atoms with Crippen molar-refractivity contribution in [2.24, 2.45) is 5.41 Å². The van der Waals surface area contributed by atoms with Crippen molar-refractivity contribution in [1.29, 1.82) is 0 Å². The third-order valence-corrected chi connectivity index (χ3v) is 15.1. The van der Waals surface area contributed by atoms with Gasteiger partial charge in [-0.1, -0.05) is 68.4 Å². The van der Waals surface area contributed by atoms with Crippen LogP contribution in [0, 0.1) is 21.4 Å². The molecule has 2 aliphatic rings. The van der Waals surface area contributed by atoms with E-state index in [1.165, 1.54) is 27.8 Å². The van der Waals surface area contributed by atoms with Crippen molar-refractivity contribution in [3.05, 3.63) is 159 Å². The minimum absolute atomic E-state index is 0.0186. The normalized spacial score (nSPS) is 17.2. The summed E-state index contributed by atoms with van der Waals surface area (Å²) < 4.78 is 12.3. The smallest absolute Gasteiger partial charge is 0.0582 e. The Hall–Kier alpha value is -4.99. The molecule has 0 bridgehead atoms. The average molecular weight is 944 g/mol. The van der Waals surface area contributed by atoms with Crippen LogP contribution in [0.4, 0.5) is 17.2 Å². The summed E-state index contributed by atoms with van der Waals surface area (Å²) in [7, 11) is 0. The Balaban J connectivity index is 1.19. The number of rotatable bonds is 5. The number of imidazole rings is 1. The van der Waals surface area contributed by atoms with Crippen LogP contribution in [0.1, 0.15) is 104 Å². The number of aromatic nitrogens is 3. The van der Waals surface area contributed by atoms with Crippen molar-refractivity contribution < 1.29 is 24.1 Å². The van der Waals surface area contributed by atoms with E-state index in [4.69, 9.17) is 9.72 Å². The summed E-state index contributed by atoms with van der Waals surface area (Å²) in [5.74, 6) is 2.12. The van der Waals surface area contributed by atoms with Crippen LogP contribution in [0.2, 0.25) is 0 Å². The van der Waals surface area contributed by atoms with Crippen molar-refractivity contribution in [3.63, 3.8) is 0 Å². The third kappa shape index (κ3) is 5.52. The van der Waals surface area contributed by atoms with Crippen LogP contribution < -0.4 is 9.64 Å². The number of ether oxygens (including phenoxy) is 1. The van der Waals surface area contributed by atoms with Gasteiger partial charge in [0.1, 0.15) is 0 Å². The van der Waals surface area contributed by atoms with E-state index in [1.54, 1.807) is 0 Å². The molecule has 6 heteroatoms. The number of hydrogen-bond acceptors (Lipinski definition) is 3. The molecule has 0 N–H and O–H groups in total. The van der Waals surface area contributed by atoms with Crippen LogP contribution in [-0.2, 0) is 41.0 Å². The zero-order chi connectivity index (χ0) is 41.2. The topological polar surface area (TPSA) is 35.2 Å². The second kappa shape index (κ2) is 13.0. The first-order chi connectivity index (χ1) is 27.4. The Morgan fingerprint density at radius 1 is 0.638 bits per heavy atom. The monoisotopic (exact) mass is 943 g/mol. The quantitative estimate of drug-likeness (QED) is 0.161. The van der Waals surface area contributed by atoms with Gasteiger partial charge in [0.15, 0.2) is 0 Å². The van der Waals surface area contributed by atoms with Crippen LogP contribution in [0.15, 0.2) is 115 Å². The molecule has 0 radical (unpaired) electrons. The standard InChI is InChI=1S/C52H52N4O.Pt/c1-48(2,3)34-28-29-53-45(30-34)56-43-27-26-40-46(51(8,9)52(10,11)50(40,6)7)47(43)49(4,5)39-25-24-38(32-44(39)56)57-37-21-17-20-36(31-37)55-33-54(35-18-13-12-14-19-35)41-22-15-16-23-42(41)55;/h12-30H,1-11H3;/q-2;. The van der Waals surface area contributed by atoms with Gasteiger partial charge in [0.05, 0.1) is 0 Å². The Labute approximate surface area is 354 Å². The van der Waals surface area contributed by atoms with Gasteiger partial charge < -0.3 is 0 Å². The van der Waals surface area contributed by atoms with E-state index in [-0.39, 0.29) is 27.1 Å². The molecule has 1 aliphatic heterocycles. The van der Waals surface area contributed by atoms with E-state index in [0.717, 1.165) is 43.4 Å². The molecule has 0 amide bonds. The summed E-state index contributed by atoms with van der Waals surface area (Å²) in [6.45, 7) is 26.2. The van der Waals surface area contributed by atoms with Gasteiger partial charge in [-0.3, -0.25) is 0 Å². The molecule has 0 spiro atoms. The molecule has 0 saturated carbocycles. The zero-order valence-electron chi connectivity index (χ0n) is 35.5. The van der Waals surface area contributed by atoms with E-state index >= 15 is 0 Å². The summed E-state index contributed by atoms with van der Waals surface area (Å²) in [4.78, 5) is 7.42. The van der Waals surface area contributed by atoms with Crippen LogP contribution in [0.3, 0.4) is 0 Å². The fraction of sp³-hybridized carbons (Fsp3) is 0.308. The number of fused-ring (bicyclic) bond motifs is 5. The minimum Gasteiger partial charge on any atom is -0.0582 e. The number of benzene rings is 5. The van der Waals surface area contributed by atoms with E-state index < -0.39 is 0 Å². The molecule has 9 rings (SSSR count). The molecule has 298 valence electrons. The van der Waals surface area contributed by atoms with Gasteiger partial charge in [0, 0.05) is 6.20 Å². The molecule has 58 heavy (non-hydrogen) atoms. The molecule has 0 atom stereocenters. The van der Waals surface area contributed by atoms with Gasteiger partial charge in [-0.25, -0.2) is 0 Å². The van der Waals surface area contributed by atoms with E-state index in [9.17, 15) is 0 Å². The fourth-order valence-electron chi connectivity index (χ4n) is 9.62. The Bertz CT molecular complexity index is 2830. The first-order valence-corrected chi connectivity index (χ1v) is 21.4. The number of hydrogen-bond donors (Lipinski definition) is 0. The Morgan fingerprint density at radius 2 is 1.29 bits per heavy atom. The predicted molar refractivity (Wildman–Crippen MR) is 233 cm³/mol. The zero-order valence-corrected chi connectivity index (χ0v) is 37.8. The summed E-state index contributed by atoms with van der Waals surface area (Å²) in [6, 6.07) is 45.9. The van der Waals surface area contributed by atoms with Crippen molar-refractivity contribution in [2.75, 3.05) is 4.90 Å². The second-order valence-electron chi connectivity index (χ2n) is 19.2. The maximum atomic E-state index is 6.75. The average Bonchev–Trinajstić information content (AvgIpc) is 3.53. The summed E-state index contributed by atoms with van der Waals surface area (Å²) in [5.41, 5.74) is 12.5. The van der Waals surface area contributed by atoms with Crippen LogP contribution in [-0.4, -0.2) is 14.1 Å².